The van der Waals surface area contributed by atoms with Crippen LogP contribution in [0.1, 0.15) is 25.8 Å². The van der Waals surface area contributed by atoms with Gasteiger partial charge < -0.3 is 9.84 Å². The Morgan fingerprint density at radius 3 is 2.36 bits per heavy atom. The van der Waals surface area contributed by atoms with Crippen molar-refractivity contribution in [1.82, 2.24) is 0 Å². The molecule has 2 nitrogen and oxygen atoms in total. The molecule has 0 spiro atoms. The first-order chi connectivity index (χ1) is 10.7. The second-order valence-corrected chi connectivity index (χ2v) is 8.35. The highest BCUT2D eigenvalue weighted by Gasteiger charge is 2.18. The molecule has 124 valence electrons. The molecule has 1 aromatic rings. The Morgan fingerprint density at radius 1 is 1.18 bits per heavy atom. The van der Waals surface area contributed by atoms with Gasteiger partial charge in [-0.25, -0.2) is 0 Å². The Kier molecular flexibility index (Phi) is 10.8. The number of thioether (sulfide) groups is 2. The predicted octanol–water partition coefficient (Wildman–Crippen LogP) is 4.59. The van der Waals surface area contributed by atoms with Gasteiger partial charge in [0.1, 0.15) is 0 Å². The zero-order chi connectivity index (χ0) is 16.2. The molecule has 0 amide bonds. The second-order valence-electron chi connectivity index (χ2n) is 5.09. The lowest BCUT2D eigenvalue weighted by Crippen LogP contribution is -2.17. The summed E-state index contributed by atoms with van der Waals surface area (Å²) in [4.78, 5) is 0. The molecule has 22 heavy (non-hydrogen) atoms. The van der Waals surface area contributed by atoms with Gasteiger partial charge in [-0.3, -0.25) is 0 Å². The maximum absolute atomic E-state index is 9.66. The Balaban J connectivity index is 2.39. The molecule has 0 aliphatic carbocycles. The number of hydrogen-bond acceptors (Lipinski definition) is 4. The van der Waals surface area contributed by atoms with Crippen LogP contribution in [0.3, 0.4) is 0 Å². The molecule has 0 aromatic heterocycles. The molecule has 1 aromatic carbocycles. The molecule has 0 radical (unpaired) electrons. The monoisotopic (exact) mass is 340 g/mol. The molecule has 0 aliphatic heterocycles. The maximum atomic E-state index is 9.66. The smallest absolute Gasteiger partial charge is 0.0721 e. The van der Waals surface area contributed by atoms with E-state index in [1.807, 2.05) is 41.7 Å². The molecule has 0 bridgehead atoms. The highest BCUT2D eigenvalue weighted by molar-refractivity contribution is 8.16. The molecule has 0 saturated carbocycles. The fraction of sp³-hybridized carbons (Fsp3) is 0.556. The number of aliphatic hydroxyl groups excluding tert-OH is 1. The van der Waals surface area contributed by atoms with Gasteiger partial charge in [0.05, 0.1) is 17.8 Å². The number of aliphatic hydroxyl groups is 1. The average Bonchev–Trinajstić information content (AvgIpc) is 2.53. The van der Waals surface area contributed by atoms with Crippen molar-refractivity contribution < 1.29 is 9.84 Å². The number of rotatable bonds is 12. The van der Waals surface area contributed by atoms with Crippen LogP contribution in [0.5, 0.6) is 0 Å². The van der Waals surface area contributed by atoms with Crippen LogP contribution in [-0.2, 0) is 11.3 Å². The van der Waals surface area contributed by atoms with Gasteiger partial charge in [-0.1, -0.05) is 50.8 Å². The van der Waals surface area contributed by atoms with Gasteiger partial charge in [0.2, 0.25) is 0 Å². The van der Waals surface area contributed by atoms with Crippen molar-refractivity contribution in [2.45, 2.75) is 31.5 Å². The lowest BCUT2D eigenvalue weighted by Gasteiger charge is -2.23. The van der Waals surface area contributed by atoms with E-state index in [0.717, 1.165) is 29.1 Å². The molecule has 1 N–H and O–H groups in total. The summed E-state index contributed by atoms with van der Waals surface area (Å²) in [6.45, 7) is 9.75. The summed E-state index contributed by atoms with van der Waals surface area (Å²) >= 11 is 3.91. The van der Waals surface area contributed by atoms with Crippen LogP contribution >= 0.6 is 23.5 Å². The lowest BCUT2D eigenvalue weighted by molar-refractivity contribution is 0.129. The largest absolute Gasteiger partial charge is 0.396 e. The van der Waals surface area contributed by atoms with Crippen LogP contribution in [0, 0.1) is 5.92 Å². The SMILES string of the molecule is C=C(COCc1ccccc1)C(CO)CC(SCC)SCC. The second kappa shape index (κ2) is 12.1. The highest BCUT2D eigenvalue weighted by Crippen LogP contribution is 2.31. The van der Waals surface area contributed by atoms with Crippen molar-refractivity contribution in [1.29, 1.82) is 0 Å². The first-order valence-electron chi connectivity index (χ1n) is 7.84. The van der Waals surface area contributed by atoms with Gasteiger partial charge in [0.15, 0.2) is 0 Å². The fourth-order valence-electron chi connectivity index (χ4n) is 2.15. The summed E-state index contributed by atoms with van der Waals surface area (Å²) in [6.07, 6.45) is 0.959. The van der Waals surface area contributed by atoms with Gasteiger partial charge in [-0.05, 0) is 29.1 Å². The van der Waals surface area contributed by atoms with Crippen molar-refractivity contribution >= 4 is 23.5 Å². The minimum absolute atomic E-state index is 0.124. The number of benzene rings is 1. The van der Waals surface area contributed by atoms with Crippen molar-refractivity contribution in [2.75, 3.05) is 24.7 Å². The minimum atomic E-state index is 0.124. The van der Waals surface area contributed by atoms with E-state index in [4.69, 9.17) is 4.74 Å². The molecule has 1 rings (SSSR count). The van der Waals surface area contributed by atoms with E-state index in [9.17, 15) is 5.11 Å². The van der Waals surface area contributed by atoms with E-state index in [1.165, 1.54) is 0 Å². The molecule has 0 aliphatic rings. The maximum Gasteiger partial charge on any atom is 0.0721 e. The van der Waals surface area contributed by atoms with Crippen molar-refractivity contribution in [2.24, 2.45) is 5.92 Å². The normalized spacial score (nSPS) is 12.5. The summed E-state index contributed by atoms with van der Waals surface area (Å²) in [5, 5.41) is 9.66. The van der Waals surface area contributed by atoms with Crippen LogP contribution < -0.4 is 0 Å². The fourth-order valence-corrected chi connectivity index (χ4v) is 4.83. The Bertz CT molecular complexity index is 403. The summed E-state index contributed by atoms with van der Waals surface area (Å²) < 4.78 is 6.27. The molecule has 1 atom stereocenters. The van der Waals surface area contributed by atoms with Gasteiger partial charge >= 0.3 is 0 Å². The highest BCUT2D eigenvalue weighted by atomic mass is 32.2. The van der Waals surface area contributed by atoms with E-state index >= 15 is 0 Å². The minimum Gasteiger partial charge on any atom is -0.396 e. The van der Waals surface area contributed by atoms with Gasteiger partial charge in [-0.2, -0.15) is 0 Å². The van der Waals surface area contributed by atoms with Crippen molar-refractivity contribution in [3.63, 3.8) is 0 Å². The van der Waals surface area contributed by atoms with E-state index in [-0.39, 0.29) is 12.5 Å². The summed E-state index contributed by atoms with van der Waals surface area (Å²) in [5.41, 5.74) is 2.16. The standard InChI is InChI=1S/C18H28O2S2/c1-4-21-18(22-5-2)11-17(12-19)15(3)13-20-14-16-9-7-6-8-10-16/h6-10,17-19H,3-5,11-14H2,1-2H3. The Labute approximate surface area is 143 Å². The third-order valence-corrected chi connectivity index (χ3v) is 5.99. The van der Waals surface area contributed by atoms with Crippen LogP contribution in [-0.4, -0.2) is 34.4 Å². The van der Waals surface area contributed by atoms with E-state index in [1.54, 1.807) is 0 Å². The molecule has 4 heteroatoms. The summed E-state index contributed by atoms with van der Waals surface area (Å²) in [7, 11) is 0. The third-order valence-electron chi connectivity index (χ3n) is 3.38. The third kappa shape index (κ3) is 7.73. The van der Waals surface area contributed by atoms with Gasteiger partial charge in [0, 0.05) is 12.5 Å². The van der Waals surface area contributed by atoms with Crippen LogP contribution in [0.4, 0.5) is 0 Å². The zero-order valence-corrected chi connectivity index (χ0v) is 15.3. The first-order valence-corrected chi connectivity index (χ1v) is 9.94. The van der Waals surface area contributed by atoms with Crippen molar-refractivity contribution in [3.05, 3.63) is 48.0 Å². The molecular formula is C18H28O2S2. The Morgan fingerprint density at radius 2 is 1.82 bits per heavy atom. The van der Waals surface area contributed by atoms with Crippen LogP contribution in [0.25, 0.3) is 0 Å². The van der Waals surface area contributed by atoms with E-state index in [0.29, 0.717) is 17.8 Å². The lowest BCUT2D eigenvalue weighted by atomic mass is 9.99. The predicted molar refractivity (Wildman–Crippen MR) is 100 cm³/mol. The average molecular weight is 341 g/mol. The van der Waals surface area contributed by atoms with Crippen LogP contribution in [0.15, 0.2) is 42.5 Å². The van der Waals surface area contributed by atoms with Gasteiger partial charge in [-0.15, -0.1) is 23.5 Å². The summed E-state index contributed by atoms with van der Waals surface area (Å²) in [5.74, 6) is 2.33. The first kappa shape index (κ1) is 19.6. The quantitative estimate of drug-likeness (QED) is 0.445. The molecule has 1 unspecified atom stereocenters. The van der Waals surface area contributed by atoms with E-state index in [2.05, 4.69) is 32.6 Å². The topological polar surface area (TPSA) is 29.5 Å². The van der Waals surface area contributed by atoms with Crippen LogP contribution in [0.2, 0.25) is 0 Å². The van der Waals surface area contributed by atoms with Crippen molar-refractivity contribution in [3.8, 4) is 0 Å². The zero-order valence-electron chi connectivity index (χ0n) is 13.7. The number of ether oxygens (including phenoxy) is 1. The number of hydrogen-bond donors (Lipinski definition) is 1. The summed E-state index contributed by atoms with van der Waals surface area (Å²) in [6, 6.07) is 10.1. The van der Waals surface area contributed by atoms with Gasteiger partial charge in [0.25, 0.3) is 0 Å². The molecular weight excluding hydrogens is 312 g/mol. The molecule has 0 fully saturated rings. The Hall–Kier alpha value is -0.420. The molecule has 0 saturated heterocycles. The molecule has 0 heterocycles. The van der Waals surface area contributed by atoms with E-state index < -0.39 is 0 Å².